The second-order valence-electron chi connectivity index (χ2n) is 6.77. The lowest BCUT2D eigenvalue weighted by molar-refractivity contribution is -0.672. The molecule has 0 aliphatic carbocycles. The second-order valence-corrected chi connectivity index (χ2v) is 6.77. The largest absolute Gasteiger partial charge is 0.212 e. The molecule has 1 heteroatoms. The van der Waals surface area contributed by atoms with Gasteiger partial charge in [-0.2, -0.15) is 4.57 Å². The number of hydrogen-bond donors (Lipinski definition) is 0. The van der Waals surface area contributed by atoms with Crippen LogP contribution in [-0.4, -0.2) is 0 Å². The predicted molar refractivity (Wildman–Crippen MR) is 88.3 cm³/mol. The molecule has 2 unspecified atom stereocenters. The summed E-state index contributed by atoms with van der Waals surface area (Å²) in [5.41, 5.74) is 5.95. The summed E-state index contributed by atoms with van der Waals surface area (Å²) in [5.74, 6) is 0. The number of hydrogen-bond acceptors (Lipinski definition) is 0. The molecule has 21 heavy (non-hydrogen) atoms. The van der Waals surface area contributed by atoms with Gasteiger partial charge < -0.3 is 0 Å². The van der Waals surface area contributed by atoms with Crippen LogP contribution in [0.15, 0.2) is 42.5 Å². The average Bonchev–Trinajstić information content (AvgIpc) is 2.55. The van der Waals surface area contributed by atoms with Gasteiger partial charge in [0.05, 0.1) is 5.41 Å². The van der Waals surface area contributed by atoms with E-state index in [1.807, 2.05) is 0 Å². The van der Waals surface area contributed by atoms with Gasteiger partial charge in [-0.25, -0.2) is 0 Å². The standard InChI is InChI=1S/C20H26N/c1-6-19(3)16-12-9-8-11-15(16)17-13-10-14-18(21(17)5)20(19,4)7-2/h8-14H,6-7H2,1-5H3/q+1. The maximum Gasteiger partial charge on any atom is 0.212 e. The molecule has 3 rings (SSSR count). The summed E-state index contributed by atoms with van der Waals surface area (Å²) in [6.07, 6.45) is 2.29. The minimum Gasteiger partial charge on any atom is -0.198 e. The van der Waals surface area contributed by atoms with Crippen LogP contribution in [0.2, 0.25) is 0 Å². The van der Waals surface area contributed by atoms with Gasteiger partial charge >= 0.3 is 0 Å². The Balaban J connectivity index is 2.49. The fourth-order valence-electron chi connectivity index (χ4n) is 4.33. The number of nitrogens with zero attached hydrogens (tertiary/aromatic N) is 1. The zero-order chi connectivity index (χ0) is 15.3. The Kier molecular flexibility index (Phi) is 3.20. The Morgan fingerprint density at radius 3 is 2.19 bits per heavy atom. The monoisotopic (exact) mass is 280 g/mol. The van der Waals surface area contributed by atoms with E-state index in [9.17, 15) is 0 Å². The lowest BCUT2D eigenvalue weighted by Gasteiger charge is -2.43. The van der Waals surface area contributed by atoms with E-state index in [1.165, 1.54) is 22.5 Å². The molecule has 110 valence electrons. The summed E-state index contributed by atoms with van der Waals surface area (Å²) in [6, 6.07) is 15.8. The second kappa shape index (κ2) is 4.69. The molecule has 1 aliphatic heterocycles. The van der Waals surface area contributed by atoms with Gasteiger partial charge in [-0.1, -0.05) is 39.0 Å². The van der Waals surface area contributed by atoms with E-state index in [0.717, 1.165) is 12.8 Å². The zero-order valence-electron chi connectivity index (χ0n) is 13.9. The van der Waals surface area contributed by atoms with Crippen LogP contribution in [0.5, 0.6) is 0 Å². The molecule has 0 saturated heterocycles. The Morgan fingerprint density at radius 2 is 1.52 bits per heavy atom. The van der Waals surface area contributed by atoms with E-state index < -0.39 is 0 Å². The third kappa shape index (κ3) is 1.67. The third-order valence-corrected chi connectivity index (χ3v) is 6.23. The highest BCUT2D eigenvalue weighted by Gasteiger charge is 2.52. The molecule has 2 atom stereocenters. The van der Waals surface area contributed by atoms with Crippen LogP contribution in [0.25, 0.3) is 11.3 Å². The highest BCUT2D eigenvalue weighted by molar-refractivity contribution is 5.65. The van der Waals surface area contributed by atoms with E-state index in [1.54, 1.807) is 0 Å². The highest BCUT2D eigenvalue weighted by Crippen LogP contribution is 2.51. The minimum absolute atomic E-state index is 0.138. The number of rotatable bonds is 2. The van der Waals surface area contributed by atoms with Crippen LogP contribution >= 0.6 is 0 Å². The summed E-state index contributed by atoms with van der Waals surface area (Å²) in [6.45, 7) is 9.55. The van der Waals surface area contributed by atoms with Crippen molar-refractivity contribution < 1.29 is 4.57 Å². The van der Waals surface area contributed by atoms with Gasteiger partial charge in [0.15, 0.2) is 5.69 Å². The average molecular weight is 280 g/mol. The normalized spacial score (nSPS) is 27.1. The summed E-state index contributed by atoms with van der Waals surface area (Å²) >= 11 is 0. The molecule has 0 amide bonds. The topological polar surface area (TPSA) is 3.88 Å². The molecule has 1 aromatic carbocycles. The first-order chi connectivity index (χ1) is 9.99. The Hall–Kier alpha value is -1.63. The lowest BCUT2D eigenvalue weighted by atomic mass is 9.57. The van der Waals surface area contributed by atoms with Crippen molar-refractivity contribution in [2.75, 3.05) is 0 Å². The molecule has 2 bridgehead atoms. The lowest BCUT2D eigenvalue weighted by Crippen LogP contribution is -2.50. The van der Waals surface area contributed by atoms with Gasteiger partial charge in [0.25, 0.3) is 0 Å². The van der Waals surface area contributed by atoms with E-state index >= 15 is 0 Å². The Bertz CT molecular complexity index is 688. The van der Waals surface area contributed by atoms with Gasteiger partial charge in [-0.05, 0) is 37.5 Å². The van der Waals surface area contributed by atoms with Crippen molar-refractivity contribution in [2.24, 2.45) is 7.05 Å². The van der Waals surface area contributed by atoms with Crippen molar-refractivity contribution in [1.29, 1.82) is 0 Å². The molecule has 0 spiro atoms. The maximum absolute atomic E-state index is 2.45. The van der Waals surface area contributed by atoms with Crippen molar-refractivity contribution in [1.82, 2.24) is 0 Å². The van der Waals surface area contributed by atoms with Gasteiger partial charge in [0.2, 0.25) is 5.69 Å². The predicted octanol–water partition coefficient (Wildman–Crippen LogP) is 4.53. The number of benzene rings is 1. The molecule has 2 aromatic rings. The number of aromatic nitrogens is 1. The molecular formula is C20H26N+. The quantitative estimate of drug-likeness (QED) is 0.712. The van der Waals surface area contributed by atoms with Crippen molar-refractivity contribution in [3.05, 3.63) is 53.7 Å². The molecule has 0 radical (unpaired) electrons. The van der Waals surface area contributed by atoms with E-state index in [2.05, 4.69) is 81.8 Å². The molecule has 2 heterocycles. The summed E-state index contributed by atoms with van der Waals surface area (Å²) in [4.78, 5) is 0. The first-order valence-electron chi connectivity index (χ1n) is 8.09. The molecule has 1 aromatic heterocycles. The minimum atomic E-state index is 0.138. The van der Waals surface area contributed by atoms with Gasteiger partial charge in [-0.15, -0.1) is 0 Å². The van der Waals surface area contributed by atoms with Crippen LogP contribution in [0.1, 0.15) is 51.8 Å². The number of fused-ring (bicyclic) bond motifs is 4. The molecule has 0 saturated carbocycles. The van der Waals surface area contributed by atoms with Gasteiger partial charge in [0, 0.05) is 23.1 Å². The maximum atomic E-state index is 2.45. The first-order valence-corrected chi connectivity index (χ1v) is 8.09. The van der Waals surface area contributed by atoms with Crippen molar-refractivity contribution >= 4 is 0 Å². The van der Waals surface area contributed by atoms with E-state index in [0.29, 0.717) is 0 Å². The highest BCUT2D eigenvalue weighted by atomic mass is 15.0. The fourth-order valence-corrected chi connectivity index (χ4v) is 4.33. The van der Waals surface area contributed by atoms with Crippen LogP contribution in [0, 0.1) is 0 Å². The first kappa shape index (κ1) is 14.3. The molecule has 1 aliphatic rings. The summed E-state index contributed by atoms with van der Waals surface area (Å²) in [7, 11) is 2.22. The van der Waals surface area contributed by atoms with Crippen LogP contribution in [-0.2, 0) is 17.9 Å². The molecule has 1 nitrogen and oxygen atoms in total. The van der Waals surface area contributed by atoms with Crippen molar-refractivity contribution in [3.8, 4) is 11.3 Å². The summed E-state index contributed by atoms with van der Waals surface area (Å²) in [5, 5.41) is 0. The Morgan fingerprint density at radius 1 is 0.857 bits per heavy atom. The zero-order valence-corrected chi connectivity index (χ0v) is 13.9. The van der Waals surface area contributed by atoms with Crippen LogP contribution in [0.4, 0.5) is 0 Å². The SMILES string of the molecule is CCC1(C)c2ccccc2-c2cccc([n+]2C)C1(C)CC. The fraction of sp³-hybridized carbons (Fsp3) is 0.450. The van der Waals surface area contributed by atoms with Crippen molar-refractivity contribution in [3.63, 3.8) is 0 Å². The van der Waals surface area contributed by atoms with Crippen LogP contribution < -0.4 is 4.57 Å². The van der Waals surface area contributed by atoms with Crippen molar-refractivity contribution in [2.45, 2.75) is 51.4 Å². The molecule has 0 N–H and O–H groups in total. The van der Waals surface area contributed by atoms with E-state index in [4.69, 9.17) is 0 Å². The van der Waals surface area contributed by atoms with Crippen LogP contribution in [0.3, 0.4) is 0 Å². The number of pyridine rings is 1. The molecule has 0 fully saturated rings. The Labute approximate surface area is 128 Å². The van der Waals surface area contributed by atoms with E-state index in [-0.39, 0.29) is 10.8 Å². The molecular weight excluding hydrogens is 254 g/mol. The van der Waals surface area contributed by atoms with Gasteiger partial charge in [0.1, 0.15) is 7.05 Å². The summed E-state index contributed by atoms with van der Waals surface area (Å²) < 4.78 is 2.41. The van der Waals surface area contributed by atoms with Gasteiger partial charge in [-0.3, -0.25) is 0 Å². The third-order valence-electron chi connectivity index (χ3n) is 6.23. The smallest absolute Gasteiger partial charge is 0.198 e.